The zero-order valence-electron chi connectivity index (χ0n) is 13.1. The lowest BCUT2D eigenvalue weighted by atomic mass is 10.2. The number of hydrogen-bond donors (Lipinski definition) is 1. The highest BCUT2D eigenvalue weighted by Crippen LogP contribution is 2.18. The molecule has 2 rings (SSSR count). The summed E-state index contributed by atoms with van der Waals surface area (Å²) in [5, 5.41) is 2.93. The molecule has 0 spiro atoms. The molecular formula is C18H17ClFNO3. The minimum atomic E-state index is -0.476. The molecule has 1 atom stereocenters. The third-order valence-corrected chi connectivity index (χ3v) is 3.64. The SMILES string of the molecule is CC(CC(=O)OCc1ccc(F)cc1Cl)NC(=O)c1ccccc1. The van der Waals surface area contributed by atoms with Gasteiger partial charge in [0.2, 0.25) is 0 Å². The number of carbonyl (C=O) groups is 2. The van der Waals surface area contributed by atoms with Crippen LogP contribution in [0.25, 0.3) is 0 Å². The van der Waals surface area contributed by atoms with Gasteiger partial charge in [-0.15, -0.1) is 0 Å². The maximum Gasteiger partial charge on any atom is 0.308 e. The van der Waals surface area contributed by atoms with E-state index in [1.54, 1.807) is 31.2 Å². The molecule has 0 heterocycles. The van der Waals surface area contributed by atoms with Crippen molar-refractivity contribution in [2.24, 2.45) is 0 Å². The number of halogens is 2. The van der Waals surface area contributed by atoms with E-state index < -0.39 is 11.8 Å². The summed E-state index contributed by atoms with van der Waals surface area (Å²) >= 11 is 5.87. The number of ether oxygens (including phenoxy) is 1. The Morgan fingerprint density at radius 3 is 2.58 bits per heavy atom. The zero-order chi connectivity index (χ0) is 17.5. The van der Waals surface area contributed by atoms with Gasteiger partial charge in [0.15, 0.2) is 0 Å². The maximum absolute atomic E-state index is 12.9. The molecule has 0 aliphatic heterocycles. The second-order valence-corrected chi connectivity index (χ2v) is 5.75. The van der Waals surface area contributed by atoms with Crippen LogP contribution in [-0.4, -0.2) is 17.9 Å². The van der Waals surface area contributed by atoms with Crippen LogP contribution in [0.4, 0.5) is 4.39 Å². The Morgan fingerprint density at radius 2 is 1.92 bits per heavy atom. The summed E-state index contributed by atoms with van der Waals surface area (Å²) in [6, 6.07) is 12.2. The Bertz CT molecular complexity index is 721. The normalized spacial score (nSPS) is 11.6. The molecule has 0 aromatic heterocycles. The summed E-state index contributed by atoms with van der Waals surface area (Å²) in [5.74, 6) is -1.18. The van der Waals surface area contributed by atoms with E-state index in [0.717, 1.165) is 6.07 Å². The molecule has 0 aliphatic carbocycles. The van der Waals surface area contributed by atoms with Gasteiger partial charge < -0.3 is 10.1 Å². The van der Waals surface area contributed by atoms with E-state index in [1.807, 2.05) is 6.07 Å². The van der Waals surface area contributed by atoms with Crippen LogP contribution in [0.5, 0.6) is 0 Å². The molecule has 0 fully saturated rings. The van der Waals surface area contributed by atoms with Crippen LogP contribution in [0, 0.1) is 5.82 Å². The van der Waals surface area contributed by atoms with Crippen LogP contribution in [-0.2, 0) is 16.1 Å². The number of rotatable bonds is 6. The molecule has 1 unspecified atom stereocenters. The van der Waals surface area contributed by atoms with E-state index in [2.05, 4.69) is 5.32 Å². The maximum atomic E-state index is 12.9. The summed E-state index contributed by atoms with van der Waals surface area (Å²) in [4.78, 5) is 23.8. The number of carbonyl (C=O) groups excluding carboxylic acids is 2. The van der Waals surface area contributed by atoms with Gasteiger partial charge in [-0.1, -0.05) is 35.9 Å². The number of amides is 1. The third kappa shape index (κ3) is 5.35. The fourth-order valence-electron chi connectivity index (χ4n) is 2.05. The minimum Gasteiger partial charge on any atom is -0.461 e. The van der Waals surface area contributed by atoms with Gasteiger partial charge in [-0.2, -0.15) is 0 Å². The first-order valence-corrected chi connectivity index (χ1v) is 7.79. The van der Waals surface area contributed by atoms with Gasteiger partial charge in [-0.05, 0) is 31.2 Å². The smallest absolute Gasteiger partial charge is 0.308 e. The molecule has 2 aromatic rings. The lowest BCUT2D eigenvalue weighted by Crippen LogP contribution is -2.34. The Morgan fingerprint density at radius 1 is 1.21 bits per heavy atom. The van der Waals surface area contributed by atoms with Gasteiger partial charge in [0.05, 0.1) is 11.4 Å². The molecule has 126 valence electrons. The monoisotopic (exact) mass is 349 g/mol. The molecule has 0 radical (unpaired) electrons. The average molecular weight is 350 g/mol. The second kappa shape index (κ2) is 8.45. The third-order valence-electron chi connectivity index (χ3n) is 3.29. The number of esters is 1. The zero-order valence-corrected chi connectivity index (χ0v) is 13.8. The molecule has 4 nitrogen and oxygen atoms in total. The van der Waals surface area contributed by atoms with Gasteiger partial charge in [-0.3, -0.25) is 9.59 Å². The van der Waals surface area contributed by atoms with Crippen LogP contribution in [0.1, 0.15) is 29.3 Å². The first kappa shape index (κ1) is 17.9. The number of benzene rings is 2. The van der Waals surface area contributed by atoms with Crippen molar-refractivity contribution in [1.82, 2.24) is 5.32 Å². The Balaban J connectivity index is 1.80. The summed E-state index contributed by atoms with van der Waals surface area (Å²) in [7, 11) is 0. The first-order chi connectivity index (χ1) is 11.5. The molecule has 1 N–H and O–H groups in total. The molecule has 0 aliphatic rings. The van der Waals surface area contributed by atoms with Crippen LogP contribution in [0.15, 0.2) is 48.5 Å². The molecule has 6 heteroatoms. The summed E-state index contributed by atoms with van der Waals surface area (Å²) in [5.41, 5.74) is 1.04. The van der Waals surface area contributed by atoms with Crippen molar-refractivity contribution < 1.29 is 18.7 Å². The lowest BCUT2D eigenvalue weighted by Gasteiger charge is -2.14. The fraction of sp³-hybridized carbons (Fsp3) is 0.222. The van der Waals surface area contributed by atoms with Crippen LogP contribution < -0.4 is 5.32 Å². The van der Waals surface area contributed by atoms with E-state index in [9.17, 15) is 14.0 Å². The largest absolute Gasteiger partial charge is 0.461 e. The van der Waals surface area contributed by atoms with Crippen LogP contribution in [0.3, 0.4) is 0 Å². The first-order valence-electron chi connectivity index (χ1n) is 7.41. The van der Waals surface area contributed by atoms with E-state index >= 15 is 0 Å². The summed E-state index contributed by atoms with van der Waals surface area (Å²) < 4.78 is 18.1. The number of nitrogens with one attached hydrogen (secondary N) is 1. The van der Waals surface area contributed by atoms with Gasteiger partial charge in [0.1, 0.15) is 12.4 Å². The van der Waals surface area contributed by atoms with E-state index in [1.165, 1.54) is 12.1 Å². The van der Waals surface area contributed by atoms with Gasteiger partial charge in [0.25, 0.3) is 5.91 Å². The van der Waals surface area contributed by atoms with Crippen molar-refractivity contribution in [3.63, 3.8) is 0 Å². The standard InChI is InChI=1S/C18H17ClFNO3/c1-12(21-18(23)13-5-3-2-4-6-13)9-17(22)24-11-14-7-8-15(20)10-16(14)19/h2-8,10,12H,9,11H2,1H3,(H,21,23). The highest BCUT2D eigenvalue weighted by molar-refractivity contribution is 6.31. The Hall–Kier alpha value is -2.40. The lowest BCUT2D eigenvalue weighted by molar-refractivity contribution is -0.145. The summed E-state index contributed by atoms with van der Waals surface area (Å²) in [6.07, 6.45) is 0.0252. The van der Waals surface area contributed by atoms with Crippen molar-refractivity contribution in [3.05, 3.63) is 70.5 Å². The molecule has 0 bridgehead atoms. The fourth-order valence-corrected chi connectivity index (χ4v) is 2.28. The van der Waals surface area contributed by atoms with Crippen LogP contribution >= 0.6 is 11.6 Å². The van der Waals surface area contributed by atoms with Crippen molar-refractivity contribution in [2.75, 3.05) is 0 Å². The molecule has 1 amide bonds. The molecule has 0 saturated heterocycles. The van der Waals surface area contributed by atoms with Crippen LogP contribution in [0.2, 0.25) is 5.02 Å². The van der Waals surface area contributed by atoms with Gasteiger partial charge in [0, 0.05) is 17.2 Å². The quantitative estimate of drug-likeness (QED) is 0.808. The highest BCUT2D eigenvalue weighted by atomic mass is 35.5. The Kier molecular flexibility index (Phi) is 6.32. The second-order valence-electron chi connectivity index (χ2n) is 5.34. The van der Waals surface area contributed by atoms with E-state index in [-0.39, 0.29) is 30.0 Å². The van der Waals surface area contributed by atoms with Crippen molar-refractivity contribution >= 4 is 23.5 Å². The van der Waals surface area contributed by atoms with Gasteiger partial charge >= 0.3 is 5.97 Å². The predicted octanol–water partition coefficient (Wildman–Crippen LogP) is 3.73. The van der Waals surface area contributed by atoms with Crippen molar-refractivity contribution in [2.45, 2.75) is 26.0 Å². The van der Waals surface area contributed by atoms with Crippen molar-refractivity contribution in [3.8, 4) is 0 Å². The molecular weight excluding hydrogens is 333 g/mol. The number of hydrogen-bond acceptors (Lipinski definition) is 3. The van der Waals surface area contributed by atoms with E-state index in [0.29, 0.717) is 11.1 Å². The van der Waals surface area contributed by atoms with Gasteiger partial charge in [-0.25, -0.2) is 4.39 Å². The Labute approximate surface area is 144 Å². The molecule has 0 saturated carbocycles. The van der Waals surface area contributed by atoms with E-state index in [4.69, 9.17) is 16.3 Å². The molecule has 24 heavy (non-hydrogen) atoms. The topological polar surface area (TPSA) is 55.4 Å². The average Bonchev–Trinajstić information content (AvgIpc) is 2.54. The highest BCUT2D eigenvalue weighted by Gasteiger charge is 2.14. The summed E-state index contributed by atoms with van der Waals surface area (Å²) in [6.45, 7) is 1.67. The van der Waals surface area contributed by atoms with Crippen molar-refractivity contribution in [1.29, 1.82) is 0 Å². The molecule has 2 aromatic carbocycles. The minimum absolute atomic E-state index is 0.0252. The predicted molar refractivity (Wildman–Crippen MR) is 89.2 cm³/mol.